The van der Waals surface area contributed by atoms with Crippen LogP contribution in [0, 0.1) is 6.92 Å². The summed E-state index contributed by atoms with van der Waals surface area (Å²) >= 11 is 1.38. The molecule has 1 aromatic carbocycles. The molecule has 3 aromatic rings. The second-order valence-electron chi connectivity index (χ2n) is 4.50. The van der Waals surface area contributed by atoms with E-state index in [9.17, 15) is 4.79 Å². The number of carbonyl (C=O) groups excluding carboxylic acids is 1. The van der Waals surface area contributed by atoms with Crippen molar-refractivity contribution in [3.8, 4) is 11.5 Å². The average Bonchev–Trinajstić information content (AvgIpc) is 3.06. The number of fused-ring (bicyclic) bond motifs is 1. The number of hydrogen-bond donors (Lipinski definition) is 1. The molecule has 0 unspecified atom stereocenters. The molecular weight excluding hydrogens is 304 g/mol. The second-order valence-corrected chi connectivity index (χ2v) is 5.31. The summed E-state index contributed by atoms with van der Waals surface area (Å²) in [5.41, 5.74) is 3.20. The maximum Gasteiger partial charge on any atom is 0.276 e. The van der Waals surface area contributed by atoms with Crippen LogP contribution in [0.25, 0.3) is 4.96 Å². The first kappa shape index (κ1) is 14.3. The van der Waals surface area contributed by atoms with Gasteiger partial charge in [-0.1, -0.05) is 11.3 Å². The van der Waals surface area contributed by atoms with E-state index < -0.39 is 0 Å². The third-order valence-electron chi connectivity index (χ3n) is 3.19. The zero-order chi connectivity index (χ0) is 15.7. The van der Waals surface area contributed by atoms with Gasteiger partial charge in [0.2, 0.25) is 4.96 Å². The molecule has 0 spiro atoms. The van der Waals surface area contributed by atoms with Crippen molar-refractivity contribution in [2.75, 3.05) is 19.5 Å². The fourth-order valence-corrected chi connectivity index (χ4v) is 2.81. The molecule has 0 aliphatic heterocycles. The van der Waals surface area contributed by atoms with Crippen molar-refractivity contribution in [2.45, 2.75) is 6.92 Å². The van der Waals surface area contributed by atoms with Gasteiger partial charge in [0.1, 0.15) is 17.0 Å². The molecular formula is C14H14N4O3S. The second kappa shape index (κ2) is 5.64. The topological polar surface area (TPSA) is 77.8 Å². The summed E-state index contributed by atoms with van der Waals surface area (Å²) in [6.45, 7) is 1.78. The molecule has 2 aromatic heterocycles. The zero-order valence-corrected chi connectivity index (χ0v) is 13.1. The summed E-state index contributed by atoms with van der Waals surface area (Å²) in [7, 11) is 3.10. The van der Waals surface area contributed by atoms with Gasteiger partial charge in [0.05, 0.1) is 25.6 Å². The predicted molar refractivity (Wildman–Crippen MR) is 83.1 cm³/mol. The summed E-state index contributed by atoms with van der Waals surface area (Å²) < 4.78 is 12.0. The van der Waals surface area contributed by atoms with Crippen LogP contribution >= 0.6 is 11.3 Å². The van der Waals surface area contributed by atoms with Gasteiger partial charge in [-0.15, -0.1) is 0 Å². The maximum absolute atomic E-state index is 12.6. The molecule has 0 atom stereocenters. The number of imidazole rings is 1. The normalized spacial score (nSPS) is 10.7. The third kappa shape index (κ3) is 2.37. The molecule has 0 aliphatic carbocycles. The summed E-state index contributed by atoms with van der Waals surface area (Å²) in [5.74, 6) is 0.869. The Morgan fingerprint density at radius 3 is 2.86 bits per heavy atom. The quantitative estimate of drug-likeness (QED) is 0.799. The molecule has 3 rings (SSSR count). The van der Waals surface area contributed by atoms with Crippen molar-refractivity contribution in [3.63, 3.8) is 0 Å². The van der Waals surface area contributed by atoms with Crippen molar-refractivity contribution >= 4 is 27.9 Å². The van der Waals surface area contributed by atoms with Crippen LogP contribution in [0.4, 0.5) is 5.69 Å². The molecule has 0 bridgehead atoms. The molecule has 0 saturated carbocycles. The van der Waals surface area contributed by atoms with Gasteiger partial charge in [-0.05, 0) is 19.1 Å². The number of rotatable bonds is 4. The molecule has 8 heteroatoms. The van der Waals surface area contributed by atoms with Crippen molar-refractivity contribution in [2.24, 2.45) is 0 Å². The van der Waals surface area contributed by atoms with Gasteiger partial charge in [0.25, 0.3) is 5.91 Å². The number of amides is 1. The number of aryl methyl sites for hydroxylation is 1. The number of methoxy groups -OCH3 is 2. The van der Waals surface area contributed by atoms with Gasteiger partial charge in [-0.2, -0.15) is 9.61 Å². The van der Waals surface area contributed by atoms with Crippen molar-refractivity contribution in [1.82, 2.24) is 14.6 Å². The summed E-state index contributed by atoms with van der Waals surface area (Å²) in [4.78, 5) is 17.6. The average molecular weight is 318 g/mol. The fourth-order valence-electron chi connectivity index (χ4n) is 2.15. The van der Waals surface area contributed by atoms with E-state index in [-0.39, 0.29) is 5.91 Å². The van der Waals surface area contributed by atoms with E-state index in [2.05, 4.69) is 15.4 Å². The van der Waals surface area contributed by atoms with Gasteiger partial charge in [-0.3, -0.25) is 4.79 Å². The van der Waals surface area contributed by atoms with Gasteiger partial charge >= 0.3 is 0 Å². The molecule has 22 heavy (non-hydrogen) atoms. The number of nitrogens with zero attached hydrogens (tertiary/aromatic N) is 3. The first-order chi connectivity index (χ1) is 10.6. The monoisotopic (exact) mass is 318 g/mol. The van der Waals surface area contributed by atoms with Crippen LogP contribution in [0.5, 0.6) is 11.5 Å². The van der Waals surface area contributed by atoms with E-state index in [0.717, 1.165) is 0 Å². The van der Waals surface area contributed by atoms with E-state index >= 15 is 0 Å². The standard InChI is InChI=1S/C14H14N4O3S/c1-8-12(18-14(16-8)22-7-15-18)13(19)17-10-6-9(20-2)4-5-11(10)21-3/h4-7H,1-3H3,(H,17,19). The van der Waals surface area contributed by atoms with Gasteiger partial charge in [-0.25, -0.2) is 4.98 Å². The Morgan fingerprint density at radius 1 is 1.32 bits per heavy atom. The minimum Gasteiger partial charge on any atom is -0.497 e. The first-order valence-corrected chi connectivity index (χ1v) is 7.34. The molecule has 0 aliphatic rings. The van der Waals surface area contributed by atoms with E-state index in [1.54, 1.807) is 44.9 Å². The number of carbonyl (C=O) groups is 1. The van der Waals surface area contributed by atoms with Crippen molar-refractivity contribution in [3.05, 3.63) is 35.1 Å². The minimum atomic E-state index is -0.303. The lowest BCUT2D eigenvalue weighted by atomic mass is 10.2. The number of nitrogens with one attached hydrogen (secondary N) is 1. The van der Waals surface area contributed by atoms with Gasteiger partial charge in [0.15, 0.2) is 5.69 Å². The van der Waals surface area contributed by atoms with Crippen LogP contribution in [-0.4, -0.2) is 34.7 Å². The lowest BCUT2D eigenvalue weighted by Crippen LogP contribution is -2.16. The number of benzene rings is 1. The Kier molecular flexibility index (Phi) is 3.68. The molecule has 1 N–H and O–H groups in total. The Balaban J connectivity index is 1.97. The molecule has 0 fully saturated rings. The third-order valence-corrected chi connectivity index (χ3v) is 3.86. The highest BCUT2D eigenvalue weighted by Gasteiger charge is 2.20. The van der Waals surface area contributed by atoms with Crippen molar-refractivity contribution in [1.29, 1.82) is 0 Å². The zero-order valence-electron chi connectivity index (χ0n) is 12.3. The summed E-state index contributed by atoms with van der Waals surface area (Å²) in [6, 6.07) is 5.19. The van der Waals surface area contributed by atoms with Crippen LogP contribution in [0.1, 0.15) is 16.2 Å². The Bertz CT molecular complexity index is 840. The van der Waals surface area contributed by atoms with E-state index in [4.69, 9.17) is 9.47 Å². The number of aromatic nitrogens is 3. The largest absolute Gasteiger partial charge is 0.497 e. The SMILES string of the molecule is COc1ccc(OC)c(NC(=O)c2c(C)nc3scnn23)c1. The number of hydrogen-bond acceptors (Lipinski definition) is 6. The molecule has 2 heterocycles. The Hall–Kier alpha value is -2.61. The van der Waals surface area contributed by atoms with Crippen LogP contribution in [0.2, 0.25) is 0 Å². The molecule has 1 amide bonds. The van der Waals surface area contributed by atoms with Crippen molar-refractivity contribution < 1.29 is 14.3 Å². The van der Waals surface area contributed by atoms with E-state index in [1.165, 1.54) is 15.9 Å². The van der Waals surface area contributed by atoms with Crippen LogP contribution in [-0.2, 0) is 0 Å². The smallest absolute Gasteiger partial charge is 0.276 e. The molecule has 0 saturated heterocycles. The highest BCUT2D eigenvalue weighted by Crippen LogP contribution is 2.29. The molecule has 114 valence electrons. The van der Waals surface area contributed by atoms with Gasteiger partial charge < -0.3 is 14.8 Å². The Labute approximate surface area is 130 Å². The molecule has 7 nitrogen and oxygen atoms in total. The van der Waals surface area contributed by atoms with Gasteiger partial charge in [0, 0.05) is 6.07 Å². The van der Waals surface area contributed by atoms with Crippen LogP contribution in [0.15, 0.2) is 23.7 Å². The number of anilines is 1. The lowest BCUT2D eigenvalue weighted by Gasteiger charge is -2.11. The van der Waals surface area contributed by atoms with E-state index in [1.807, 2.05) is 0 Å². The Morgan fingerprint density at radius 2 is 2.14 bits per heavy atom. The first-order valence-electron chi connectivity index (χ1n) is 6.46. The lowest BCUT2D eigenvalue weighted by molar-refractivity contribution is 0.101. The van der Waals surface area contributed by atoms with Crippen LogP contribution in [0.3, 0.4) is 0 Å². The minimum absolute atomic E-state index is 0.303. The number of ether oxygens (including phenoxy) is 2. The maximum atomic E-state index is 12.6. The highest BCUT2D eigenvalue weighted by molar-refractivity contribution is 7.14. The summed E-state index contributed by atoms with van der Waals surface area (Å²) in [5, 5.41) is 6.96. The van der Waals surface area contributed by atoms with Crippen LogP contribution < -0.4 is 14.8 Å². The van der Waals surface area contributed by atoms with E-state index in [0.29, 0.717) is 33.5 Å². The summed E-state index contributed by atoms with van der Waals surface area (Å²) in [6.07, 6.45) is 0. The predicted octanol–water partition coefficient (Wildman–Crippen LogP) is 2.37. The fraction of sp³-hybridized carbons (Fsp3) is 0.214. The molecule has 0 radical (unpaired) electrons. The highest BCUT2D eigenvalue weighted by atomic mass is 32.1.